The number of fused-ring (bicyclic) bond motifs is 1. The molecule has 0 aliphatic rings. The predicted octanol–water partition coefficient (Wildman–Crippen LogP) is 4.68. The van der Waals surface area contributed by atoms with Gasteiger partial charge >= 0.3 is 0 Å². The second-order valence-corrected chi connectivity index (χ2v) is 7.02. The number of nitrogens with two attached hydrogens (primary N) is 1. The molecule has 0 aliphatic carbocycles. The zero-order valence-electron chi connectivity index (χ0n) is 15.0. The van der Waals surface area contributed by atoms with Crippen molar-refractivity contribution in [3.63, 3.8) is 0 Å². The van der Waals surface area contributed by atoms with Crippen LogP contribution in [0.25, 0.3) is 33.4 Å². The Morgan fingerprint density at radius 2 is 1.93 bits per heavy atom. The summed E-state index contributed by atoms with van der Waals surface area (Å²) >= 11 is 0. The highest BCUT2D eigenvalue weighted by molar-refractivity contribution is 5.89. The van der Waals surface area contributed by atoms with E-state index in [0.717, 1.165) is 40.2 Å². The summed E-state index contributed by atoms with van der Waals surface area (Å²) in [5.74, 6) is -0.497. The summed E-state index contributed by atoms with van der Waals surface area (Å²) in [6.07, 6.45) is 2.53. The first-order valence-electron chi connectivity index (χ1n) is 8.70. The smallest absolute Gasteiger partial charge is 0.198 e. The highest BCUT2D eigenvalue weighted by Crippen LogP contribution is 2.35. The zero-order chi connectivity index (χ0) is 19.1. The minimum Gasteiger partial charge on any atom is -0.369 e. The fraction of sp³-hybridized carbons (Fsp3) is 0.200. The summed E-state index contributed by atoms with van der Waals surface area (Å²) < 4.78 is 27.6. The molecule has 2 heterocycles. The van der Waals surface area contributed by atoms with Crippen molar-refractivity contribution in [3.05, 3.63) is 53.7 Å². The van der Waals surface area contributed by atoms with Crippen LogP contribution in [0.15, 0.2) is 36.5 Å². The molecule has 0 unspecified atom stereocenters. The number of hydrogen-bond acceptors (Lipinski definition) is 3. The van der Waals surface area contributed by atoms with E-state index in [4.69, 9.17) is 5.73 Å². The van der Waals surface area contributed by atoms with Crippen LogP contribution in [0.2, 0.25) is 0 Å². The summed E-state index contributed by atoms with van der Waals surface area (Å²) in [7, 11) is 0. The fourth-order valence-electron chi connectivity index (χ4n) is 3.36. The zero-order valence-corrected chi connectivity index (χ0v) is 15.0. The molecule has 138 valence electrons. The minimum atomic E-state index is -0.655. The number of aromatic amines is 2. The molecule has 5 nitrogen and oxygen atoms in total. The molecule has 2 aromatic carbocycles. The largest absolute Gasteiger partial charge is 0.369 e. The lowest BCUT2D eigenvalue weighted by Crippen LogP contribution is -1.96. The Morgan fingerprint density at radius 3 is 2.67 bits per heavy atom. The van der Waals surface area contributed by atoms with Gasteiger partial charge in [-0.25, -0.2) is 13.8 Å². The monoisotopic (exact) mass is 367 g/mol. The van der Waals surface area contributed by atoms with Crippen LogP contribution in [0.5, 0.6) is 0 Å². The van der Waals surface area contributed by atoms with E-state index in [2.05, 4.69) is 34.0 Å². The van der Waals surface area contributed by atoms with Gasteiger partial charge in [-0.3, -0.25) is 5.10 Å². The molecule has 27 heavy (non-hydrogen) atoms. The molecular weight excluding hydrogens is 348 g/mol. The van der Waals surface area contributed by atoms with Gasteiger partial charge in [0.25, 0.3) is 0 Å². The number of imidazole rings is 1. The van der Waals surface area contributed by atoms with Crippen LogP contribution >= 0.6 is 0 Å². The quantitative estimate of drug-likeness (QED) is 0.490. The Balaban J connectivity index is 1.90. The van der Waals surface area contributed by atoms with E-state index in [1.165, 1.54) is 12.1 Å². The van der Waals surface area contributed by atoms with Crippen LogP contribution in [0.4, 0.5) is 14.7 Å². The molecule has 4 N–H and O–H groups in total. The number of nitrogen functional groups attached to an aromatic ring is 1. The van der Waals surface area contributed by atoms with E-state index >= 15 is 0 Å². The van der Waals surface area contributed by atoms with Crippen LogP contribution in [0.3, 0.4) is 0 Å². The number of rotatable bonds is 4. The Kier molecular flexibility index (Phi) is 4.14. The normalized spacial score (nSPS) is 11.6. The van der Waals surface area contributed by atoms with Gasteiger partial charge in [0.1, 0.15) is 17.3 Å². The molecule has 7 heteroatoms. The summed E-state index contributed by atoms with van der Waals surface area (Å²) in [6.45, 7) is 4.26. The maximum Gasteiger partial charge on any atom is 0.198 e. The number of halogens is 2. The SMILES string of the molecule is CC(C)Cc1cc(-c2c[nH]nc2-c2ccc(F)cc2F)cc2[nH]c(N)nc12. The average Bonchev–Trinajstić information content (AvgIpc) is 3.20. The Labute approximate surface area is 154 Å². The number of hydrogen-bond donors (Lipinski definition) is 3. The second-order valence-electron chi connectivity index (χ2n) is 7.02. The number of nitrogens with one attached hydrogen (secondary N) is 2. The third-order valence-corrected chi connectivity index (χ3v) is 4.45. The number of benzene rings is 2. The van der Waals surface area contributed by atoms with Crippen molar-refractivity contribution in [2.45, 2.75) is 20.3 Å². The van der Waals surface area contributed by atoms with Gasteiger partial charge in [0, 0.05) is 23.4 Å². The molecule has 4 rings (SSSR count). The molecule has 2 aromatic heterocycles. The molecule has 0 bridgehead atoms. The van der Waals surface area contributed by atoms with Crippen molar-refractivity contribution in [2.24, 2.45) is 5.92 Å². The predicted molar refractivity (Wildman–Crippen MR) is 102 cm³/mol. The molecule has 0 saturated carbocycles. The summed E-state index contributed by atoms with van der Waals surface area (Å²) in [5.41, 5.74) is 10.8. The lowest BCUT2D eigenvalue weighted by Gasteiger charge is -2.10. The average molecular weight is 367 g/mol. The molecule has 0 radical (unpaired) electrons. The van der Waals surface area contributed by atoms with Crippen molar-refractivity contribution in [3.8, 4) is 22.4 Å². The number of nitrogens with zero attached hydrogens (tertiary/aromatic N) is 2. The van der Waals surface area contributed by atoms with Crippen LogP contribution in [0.1, 0.15) is 19.4 Å². The molecule has 0 aliphatic heterocycles. The van der Waals surface area contributed by atoms with Gasteiger partial charge in [-0.2, -0.15) is 5.10 Å². The van der Waals surface area contributed by atoms with Gasteiger partial charge in [-0.1, -0.05) is 13.8 Å². The van der Waals surface area contributed by atoms with Gasteiger partial charge in [0.05, 0.1) is 11.0 Å². The minimum absolute atomic E-state index is 0.238. The first-order chi connectivity index (χ1) is 12.9. The van der Waals surface area contributed by atoms with Crippen LogP contribution < -0.4 is 5.73 Å². The van der Waals surface area contributed by atoms with Crippen molar-refractivity contribution >= 4 is 17.0 Å². The maximum absolute atomic E-state index is 14.3. The van der Waals surface area contributed by atoms with E-state index in [1.54, 1.807) is 6.20 Å². The van der Waals surface area contributed by atoms with Crippen molar-refractivity contribution in [1.29, 1.82) is 0 Å². The third-order valence-electron chi connectivity index (χ3n) is 4.45. The highest BCUT2D eigenvalue weighted by atomic mass is 19.1. The van der Waals surface area contributed by atoms with Crippen LogP contribution in [0, 0.1) is 17.6 Å². The van der Waals surface area contributed by atoms with Crippen LogP contribution in [-0.2, 0) is 6.42 Å². The standard InChI is InChI=1S/C20H19F2N5/c1-10(2)5-12-6-11(7-17-18(12)26-20(23)25-17)15-9-24-27-19(15)14-4-3-13(21)8-16(14)22/h3-4,6-10H,5H2,1-2H3,(H,24,27)(H3,23,25,26). The maximum atomic E-state index is 14.3. The molecule has 0 spiro atoms. The van der Waals surface area contributed by atoms with Gasteiger partial charge in [0.15, 0.2) is 5.95 Å². The molecule has 0 fully saturated rings. The fourth-order valence-corrected chi connectivity index (χ4v) is 3.36. The molecule has 0 saturated heterocycles. The van der Waals surface area contributed by atoms with E-state index in [1.807, 2.05) is 12.1 Å². The molecule has 0 amide bonds. The summed E-state index contributed by atoms with van der Waals surface area (Å²) in [4.78, 5) is 7.46. The first-order valence-corrected chi connectivity index (χ1v) is 8.70. The Bertz CT molecular complexity index is 1130. The van der Waals surface area contributed by atoms with Crippen molar-refractivity contribution in [2.75, 3.05) is 5.73 Å². The van der Waals surface area contributed by atoms with Gasteiger partial charge in [-0.15, -0.1) is 0 Å². The lowest BCUT2D eigenvalue weighted by molar-refractivity contribution is 0.585. The number of anilines is 1. The Morgan fingerprint density at radius 1 is 1.11 bits per heavy atom. The molecule has 4 aromatic rings. The topological polar surface area (TPSA) is 83.4 Å². The summed E-state index contributed by atoms with van der Waals surface area (Å²) in [5, 5.41) is 6.98. The lowest BCUT2D eigenvalue weighted by atomic mass is 9.95. The molecule has 0 atom stereocenters. The van der Waals surface area contributed by atoms with E-state index < -0.39 is 11.6 Å². The van der Waals surface area contributed by atoms with Crippen LogP contribution in [-0.4, -0.2) is 20.2 Å². The molecular formula is C20H19F2N5. The van der Waals surface area contributed by atoms with E-state index in [0.29, 0.717) is 17.6 Å². The van der Waals surface area contributed by atoms with Gasteiger partial charge in [0.2, 0.25) is 0 Å². The van der Waals surface area contributed by atoms with Gasteiger partial charge in [-0.05, 0) is 47.7 Å². The third kappa shape index (κ3) is 3.16. The first kappa shape index (κ1) is 17.2. The van der Waals surface area contributed by atoms with Gasteiger partial charge < -0.3 is 10.7 Å². The van der Waals surface area contributed by atoms with Crippen molar-refractivity contribution in [1.82, 2.24) is 20.2 Å². The highest BCUT2D eigenvalue weighted by Gasteiger charge is 2.18. The van der Waals surface area contributed by atoms with Crippen molar-refractivity contribution < 1.29 is 8.78 Å². The summed E-state index contributed by atoms with van der Waals surface area (Å²) in [6, 6.07) is 7.42. The van der Waals surface area contributed by atoms with E-state index in [9.17, 15) is 8.78 Å². The number of aromatic nitrogens is 4. The number of H-pyrrole nitrogens is 2. The van der Waals surface area contributed by atoms with E-state index in [-0.39, 0.29) is 5.56 Å². The second kappa shape index (κ2) is 6.50. The Hall–Kier alpha value is -3.22.